The first-order chi connectivity index (χ1) is 10.1. The van der Waals surface area contributed by atoms with E-state index < -0.39 is 6.61 Å². The Balaban J connectivity index is 2.19. The lowest BCUT2D eigenvalue weighted by molar-refractivity contribution is -0.0512. The van der Waals surface area contributed by atoms with Gasteiger partial charge in [0, 0.05) is 18.2 Å². The van der Waals surface area contributed by atoms with Crippen LogP contribution in [0.1, 0.15) is 43.7 Å². The zero-order chi connectivity index (χ0) is 15.2. The number of hydrogen-bond acceptors (Lipinski definition) is 3. The van der Waals surface area contributed by atoms with Gasteiger partial charge in [-0.25, -0.2) is 0 Å². The van der Waals surface area contributed by atoms with Gasteiger partial charge in [0.1, 0.15) is 5.75 Å². The molecule has 118 valence electrons. The average molecular weight is 298 g/mol. The zero-order valence-corrected chi connectivity index (χ0v) is 12.5. The highest BCUT2D eigenvalue weighted by molar-refractivity contribution is 5.36. The molecule has 0 aliphatic heterocycles. The Kier molecular flexibility index (Phi) is 5.94. The summed E-state index contributed by atoms with van der Waals surface area (Å²) in [6, 6.07) is 7.32. The van der Waals surface area contributed by atoms with Crippen molar-refractivity contribution in [3.05, 3.63) is 29.8 Å². The van der Waals surface area contributed by atoms with Crippen molar-refractivity contribution < 1.29 is 13.5 Å². The summed E-state index contributed by atoms with van der Waals surface area (Å²) < 4.78 is 29.8. The normalized spacial score (nSPS) is 18.2. The maximum absolute atomic E-state index is 12.6. The van der Waals surface area contributed by atoms with E-state index in [0.717, 1.165) is 18.4 Å². The van der Waals surface area contributed by atoms with Crippen LogP contribution in [0.25, 0.3) is 0 Å². The lowest BCUT2D eigenvalue weighted by atomic mass is 9.92. The number of hydrogen-bond donors (Lipinski definition) is 1. The van der Waals surface area contributed by atoms with Crippen molar-refractivity contribution in [3.8, 4) is 5.75 Å². The molecule has 5 heteroatoms. The Labute approximate surface area is 125 Å². The van der Waals surface area contributed by atoms with Crippen LogP contribution in [0.15, 0.2) is 24.3 Å². The van der Waals surface area contributed by atoms with E-state index in [1.807, 2.05) is 19.2 Å². The van der Waals surface area contributed by atoms with E-state index in [1.165, 1.54) is 19.3 Å². The molecule has 0 spiro atoms. The number of benzene rings is 1. The smallest absolute Gasteiger partial charge is 0.387 e. The molecular weight excluding hydrogens is 274 g/mol. The van der Waals surface area contributed by atoms with E-state index in [-0.39, 0.29) is 11.8 Å². The molecule has 1 fully saturated rings. The van der Waals surface area contributed by atoms with Gasteiger partial charge in [-0.2, -0.15) is 8.78 Å². The number of rotatable bonds is 6. The lowest BCUT2D eigenvalue weighted by Crippen LogP contribution is -2.39. The Hall–Kier alpha value is -1.20. The van der Waals surface area contributed by atoms with Crippen LogP contribution in [-0.4, -0.2) is 31.1 Å². The molecule has 0 aromatic heterocycles. The number of likely N-dealkylation sites (N-methyl/N-ethyl adjacent to an activating group) is 1. The SMILES string of the molecule is CN(C1CCCCC1)C(CN)c1ccccc1OC(F)F. The third-order valence-electron chi connectivity index (χ3n) is 4.36. The van der Waals surface area contributed by atoms with Gasteiger partial charge in [-0.15, -0.1) is 0 Å². The minimum absolute atomic E-state index is 0.0944. The standard InChI is InChI=1S/C16H24F2N2O/c1-20(12-7-3-2-4-8-12)14(11-19)13-9-5-6-10-15(13)21-16(17)18/h5-6,9-10,12,14,16H,2-4,7-8,11,19H2,1H3. The molecule has 2 rings (SSSR count). The summed E-state index contributed by atoms with van der Waals surface area (Å²) >= 11 is 0. The van der Waals surface area contributed by atoms with Gasteiger partial charge in [0.2, 0.25) is 0 Å². The summed E-state index contributed by atoms with van der Waals surface area (Å²) in [4.78, 5) is 2.23. The first-order valence-electron chi connectivity index (χ1n) is 7.59. The topological polar surface area (TPSA) is 38.5 Å². The molecule has 2 N–H and O–H groups in total. The molecule has 1 aromatic carbocycles. The molecule has 1 saturated carbocycles. The van der Waals surface area contributed by atoms with Crippen LogP contribution in [-0.2, 0) is 0 Å². The molecule has 1 aliphatic rings. The molecular formula is C16H24F2N2O. The number of halogens is 2. The quantitative estimate of drug-likeness (QED) is 0.873. The first kappa shape index (κ1) is 16.2. The van der Waals surface area contributed by atoms with E-state index in [2.05, 4.69) is 9.64 Å². The van der Waals surface area contributed by atoms with Gasteiger partial charge in [0.15, 0.2) is 0 Å². The number of alkyl halides is 2. The van der Waals surface area contributed by atoms with Gasteiger partial charge < -0.3 is 10.5 Å². The summed E-state index contributed by atoms with van der Waals surface area (Å²) in [5, 5.41) is 0. The van der Waals surface area contributed by atoms with Crippen molar-refractivity contribution >= 4 is 0 Å². The summed E-state index contributed by atoms with van der Waals surface area (Å²) in [7, 11) is 2.03. The van der Waals surface area contributed by atoms with Gasteiger partial charge in [-0.3, -0.25) is 4.90 Å². The molecule has 1 unspecified atom stereocenters. The lowest BCUT2D eigenvalue weighted by Gasteiger charge is -2.37. The van der Waals surface area contributed by atoms with E-state index in [0.29, 0.717) is 12.6 Å². The highest BCUT2D eigenvalue weighted by Gasteiger charge is 2.27. The van der Waals surface area contributed by atoms with Crippen molar-refractivity contribution in [2.45, 2.75) is 50.8 Å². The van der Waals surface area contributed by atoms with E-state index in [4.69, 9.17) is 5.73 Å². The van der Waals surface area contributed by atoms with Crippen LogP contribution in [0.5, 0.6) is 5.75 Å². The number of para-hydroxylation sites is 1. The van der Waals surface area contributed by atoms with Crippen molar-refractivity contribution in [3.63, 3.8) is 0 Å². The largest absolute Gasteiger partial charge is 0.434 e. The average Bonchev–Trinajstić information content (AvgIpc) is 2.50. The molecule has 0 bridgehead atoms. The number of nitrogens with zero attached hydrogens (tertiary/aromatic N) is 1. The second-order valence-corrected chi connectivity index (χ2v) is 5.63. The number of nitrogens with two attached hydrogens (primary N) is 1. The van der Waals surface area contributed by atoms with Crippen LogP contribution in [0.3, 0.4) is 0 Å². The minimum Gasteiger partial charge on any atom is -0.434 e. The fourth-order valence-electron chi connectivity index (χ4n) is 3.21. The molecule has 21 heavy (non-hydrogen) atoms. The van der Waals surface area contributed by atoms with Crippen LogP contribution in [0.4, 0.5) is 8.78 Å². The van der Waals surface area contributed by atoms with E-state index >= 15 is 0 Å². The highest BCUT2D eigenvalue weighted by atomic mass is 19.3. The Morgan fingerprint density at radius 1 is 1.24 bits per heavy atom. The Morgan fingerprint density at radius 3 is 2.52 bits per heavy atom. The maximum Gasteiger partial charge on any atom is 0.387 e. The Bertz CT molecular complexity index is 436. The molecule has 0 radical (unpaired) electrons. The molecule has 1 aliphatic carbocycles. The molecule has 0 saturated heterocycles. The summed E-state index contributed by atoms with van der Waals surface area (Å²) in [5.41, 5.74) is 6.67. The summed E-state index contributed by atoms with van der Waals surface area (Å²) in [6.07, 6.45) is 6.02. The van der Waals surface area contributed by atoms with E-state index in [9.17, 15) is 8.78 Å². The van der Waals surface area contributed by atoms with Gasteiger partial charge in [0.05, 0.1) is 6.04 Å². The Morgan fingerprint density at radius 2 is 1.90 bits per heavy atom. The zero-order valence-electron chi connectivity index (χ0n) is 12.5. The van der Waals surface area contributed by atoms with Gasteiger partial charge in [-0.05, 0) is 26.0 Å². The second kappa shape index (κ2) is 7.71. The molecule has 1 atom stereocenters. The maximum atomic E-state index is 12.6. The predicted octanol–water partition coefficient (Wildman–Crippen LogP) is 3.55. The van der Waals surface area contributed by atoms with Crippen LogP contribution in [0.2, 0.25) is 0 Å². The van der Waals surface area contributed by atoms with Crippen LogP contribution < -0.4 is 10.5 Å². The van der Waals surface area contributed by atoms with Gasteiger partial charge in [-0.1, -0.05) is 37.5 Å². The third kappa shape index (κ3) is 4.14. The molecule has 1 aromatic rings. The molecule has 3 nitrogen and oxygen atoms in total. The highest BCUT2D eigenvalue weighted by Crippen LogP contribution is 2.33. The van der Waals surface area contributed by atoms with Crippen molar-refractivity contribution in [2.75, 3.05) is 13.6 Å². The number of ether oxygens (including phenoxy) is 1. The second-order valence-electron chi connectivity index (χ2n) is 5.63. The van der Waals surface area contributed by atoms with Crippen LogP contribution >= 0.6 is 0 Å². The fourth-order valence-corrected chi connectivity index (χ4v) is 3.21. The minimum atomic E-state index is -2.82. The molecule has 0 heterocycles. The first-order valence-corrected chi connectivity index (χ1v) is 7.59. The summed E-state index contributed by atoms with van der Waals surface area (Å²) in [5.74, 6) is 0.227. The van der Waals surface area contributed by atoms with Gasteiger partial charge in [0.25, 0.3) is 0 Å². The van der Waals surface area contributed by atoms with Crippen LogP contribution in [0, 0.1) is 0 Å². The molecule has 0 amide bonds. The van der Waals surface area contributed by atoms with Crippen molar-refractivity contribution in [1.82, 2.24) is 4.90 Å². The van der Waals surface area contributed by atoms with Crippen molar-refractivity contribution in [2.24, 2.45) is 5.73 Å². The summed E-state index contributed by atoms with van der Waals surface area (Å²) in [6.45, 7) is -2.43. The predicted molar refractivity (Wildman–Crippen MR) is 79.5 cm³/mol. The van der Waals surface area contributed by atoms with Crippen molar-refractivity contribution in [1.29, 1.82) is 0 Å². The van der Waals surface area contributed by atoms with Gasteiger partial charge >= 0.3 is 6.61 Å². The fraction of sp³-hybridized carbons (Fsp3) is 0.625. The third-order valence-corrected chi connectivity index (χ3v) is 4.36. The monoisotopic (exact) mass is 298 g/mol. The van der Waals surface area contributed by atoms with E-state index in [1.54, 1.807) is 12.1 Å².